The van der Waals surface area contributed by atoms with Crippen LogP contribution in [0.25, 0.3) is 0 Å². The van der Waals surface area contributed by atoms with Gasteiger partial charge in [-0.3, -0.25) is 9.59 Å². The van der Waals surface area contributed by atoms with Crippen molar-refractivity contribution in [1.29, 1.82) is 0 Å². The Morgan fingerprint density at radius 2 is 1.37 bits per heavy atom. The van der Waals surface area contributed by atoms with E-state index in [4.69, 9.17) is 5.11 Å². The number of rotatable bonds is 5. The first-order valence-corrected chi connectivity index (χ1v) is 7.66. The van der Waals surface area contributed by atoms with E-state index in [2.05, 4.69) is 25.6 Å². The molecule has 0 radical (unpaired) electrons. The highest BCUT2D eigenvalue weighted by Gasteiger charge is 2.19. The van der Waals surface area contributed by atoms with Crippen LogP contribution in [0.4, 0.5) is 11.6 Å². The number of hydrogen-bond acceptors (Lipinski definition) is 6. The molecule has 0 aliphatic carbocycles. The number of aromatic carboxylic acids is 1. The number of anilines is 2. The molecule has 3 aromatic heterocycles. The zero-order valence-corrected chi connectivity index (χ0v) is 14.7. The molecule has 2 amide bonds. The molecule has 140 valence electrons. The van der Waals surface area contributed by atoms with Gasteiger partial charge in [0, 0.05) is 45.9 Å². The van der Waals surface area contributed by atoms with Gasteiger partial charge in [0.15, 0.2) is 17.5 Å². The van der Waals surface area contributed by atoms with Gasteiger partial charge in [0.05, 0.1) is 0 Å². The Hall–Kier alpha value is -3.96. The molecule has 0 fully saturated rings. The van der Waals surface area contributed by atoms with Crippen molar-refractivity contribution in [2.75, 3.05) is 10.6 Å². The lowest BCUT2D eigenvalue weighted by Crippen LogP contribution is -2.18. The quantitative estimate of drug-likeness (QED) is 0.574. The van der Waals surface area contributed by atoms with E-state index in [1.54, 1.807) is 24.9 Å². The molecule has 3 N–H and O–H groups in total. The van der Waals surface area contributed by atoms with Crippen molar-refractivity contribution in [3.8, 4) is 0 Å². The van der Waals surface area contributed by atoms with Gasteiger partial charge < -0.3 is 29.4 Å². The molecule has 12 nitrogen and oxygen atoms in total. The zero-order valence-electron chi connectivity index (χ0n) is 14.7. The third-order valence-electron chi connectivity index (χ3n) is 3.65. The average Bonchev–Trinajstić information content (AvgIpc) is 3.26. The Morgan fingerprint density at radius 3 is 1.85 bits per heavy atom. The Balaban J connectivity index is 1.75. The fraction of sp³-hybridized carbons (Fsp3) is 0.200. The van der Waals surface area contributed by atoms with Crippen LogP contribution in [-0.4, -0.2) is 51.5 Å². The second-order valence-corrected chi connectivity index (χ2v) is 5.70. The second-order valence-electron chi connectivity index (χ2n) is 5.70. The van der Waals surface area contributed by atoms with Crippen LogP contribution in [0.5, 0.6) is 0 Å². The molecule has 0 bridgehead atoms. The van der Waals surface area contributed by atoms with E-state index < -0.39 is 17.8 Å². The number of carboxylic acid groups (broad SMARTS) is 1. The molecule has 3 heterocycles. The summed E-state index contributed by atoms with van der Waals surface area (Å²) in [4.78, 5) is 47.4. The van der Waals surface area contributed by atoms with Crippen molar-refractivity contribution >= 4 is 29.4 Å². The molecule has 3 aromatic rings. The Bertz CT molecular complexity index is 1040. The first-order valence-electron chi connectivity index (χ1n) is 7.66. The molecular formula is C15H16N8O4. The second kappa shape index (κ2) is 6.74. The van der Waals surface area contributed by atoms with Crippen molar-refractivity contribution in [2.24, 2.45) is 21.1 Å². The van der Waals surface area contributed by atoms with Crippen molar-refractivity contribution < 1.29 is 19.5 Å². The summed E-state index contributed by atoms with van der Waals surface area (Å²) in [5, 5.41) is 14.0. The minimum absolute atomic E-state index is 0.00710. The molecule has 0 saturated heterocycles. The summed E-state index contributed by atoms with van der Waals surface area (Å²) in [5.41, 5.74) is 0. The summed E-state index contributed by atoms with van der Waals surface area (Å²) in [5.74, 6) is -2.06. The van der Waals surface area contributed by atoms with Crippen LogP contribution in [0, 0.1) is 0 Å². The molecule has 27 heavy (non-hydrogen) atoms. The summed E-state index contributed by atoms with van der Waals surface area (Å²) in [6, 6.07) is 0. The number of carbonyl (C=O) groups excluding carboxylic acids is 2. The van der Waals surface area contributed by atoms with Crippen LogP contribution >= 0.6 is 0 Å². The summed E-state index contributed by atoms with van der Waals surface area (Å²) in [7, 11) is 4.76. The molecule has 0 aliphatic rings. The number of aryl methyl sites for hydroxylation is 3. The topological polar surface area (TPSA) is 149 Å². The van der Waals surface area contributed by atoms with Crippen LogP contribution in [0.1, 0.15) is 31.9 Å². The molecule has 0 spiro atoms. The highest BCUT2D eigenvalue weighted by atomic mass is 16.4. The molecular weight excluding hydrogens is 356 g/mol. The van der Waals surface area contributed by atoms with Crippen LogP contribution in [-0.2, 0) is 21.1 Å². The van der Waals surface area contributed by atoms with Gasteiger partial charge >= 0.3 is 5.97 Å². The number of hydrogen-bond donors (Lipinski definition) is 3. The van der Waals surface area contributed by atoms with E-state index in [0.717, 1.165) is 0 Å². The minimum Gasteiger partial charge on any atom is -0.475 e. The Labute approximate surface area is 152 Å². The largest absolute Gasteiger partial charge is 0.475 e. The van der Waals surface area contributed by atoms with Gasteiger partial charge in [-0.1, -0.05) is 0 Å². The van der Waals surface area contributed by atoms with Crippen LogP contribution in [0.2, 0.25) is 0 Å². The first-order chi connectivity index (χ1) is 12.8. The van der Waals surface area contributed by atoms with Gasteiger partial charge in [-0.2, -0.15) is 0 Å². The molecule has 0 aliphatic heterocycles. The number of aromatic nitrogens is 6. The van der Waals surface area contributed by atoms with Gasteiger partial charge in [0.2, 0.25) is 11.6 Å². The maximum atomic E-state index is 12.4. The standard InChI is InChI=1S/C15H16N8O4/c1-21-5-4-16-10(21)13(24)19-8-6-22(2)11(17-8)14(25)20-9-7-23(3)12(18-9)15(26)27/h4-7H,1-3H3,(H,19,24)(H,20,25)(H,26,27). The van der Waals surface area contributed by atoms with Crippen LogP contribution in [0.15, 0.2) is 24.8 Å². The van der Waals surface area contributed by atoms with Gasteiger partial charge in [0.1, 0.15) is 0 Å². The number of amides is 2. The average molecular weight is 372 g/mol. The Morgan fingerprint density at radius 1 is 0.852 bits per heavy atom. The fourth-order valence-electron chi connectivity index (χ4n) is 2.39. The molecule has 12 heteroatoms. The predicted octanol–water partition coefficient (Wildman–Crippen LogP) is 0.0899. The monoisotopic (exact) mass is 372 g/mol. The number of nitrogens with one attached hydrogen (secondary N) is 2. The Kier molecular flexibility index (Phi) is 4.46. The number of carbonyl (C=O) groups is 3. The fourth-order valence-corrected chi connectivity index (χ4v) is 2.39. The van der Waals surface area contributed by atoms with E-state index in [-0.39, 0.29) is 29.1 Å². The number of carboxylic acids is 1. The molecule has 0 unspecified atom stereocenters. The SMILES string of the molecule is Cn1cc(NC(=O)c2nc(NC(=O)c3nccn3C)cn2C)nc1C(=O)O. The van der Waals surface area contributed by atoms with Gasteiger partial charge in [-0.05, 0) is 0 Å². The van der Waals surface area contributed by atoms with Gasteiger partial charge in [-0.15, -0.1) is 0 Å². The molecule has 0 atom stereocenters. The third-order valence-corrected chi connectivity index (χ3v) is 3.65. The smallest absolute Gasteiger partial charge is 0.372 e. The van der Waals surface area contributed by atoms with Crippen molar-refractivity contribution in [3.63, 3.8) is 0 Å². The van der Waals surface area contributed by atoms with Crippen molar-refractivity contribution in [1.82, 2.24) is 28.7 Å². The lowest BCUT2D eigenvalue weighted by Gasteiger charge is -2.01. The van der Waals surface area contributed by atoms with Crippen molar-refractivity contribution in [2.45, 2.75) is 0 Å². The first kappa shape index (κ1) is 17.8. The third kappa shape index (κ3) is 3.53. The van der Waals surface area contributed by atoms with E-state index in [0.29, 0.717) is 0 Å². The van der Waals surface area contributed by atoms with Crippen LogP contribution < -0.4 is 10.6 Å². The van der Waals surface area contributed by atoms with E-state index >= 15 is 0 Å². The maximum Gasteiger partial charge on any atom is 0.372 e. The van der Waals surface area contributed by atoms with Gasteiger partial charge in [0.25, 0.3) is 11.8 Å². The molecule has 0 saturated carbocycles. The summed E-state index contributed by atoms with van der Waals surface area (Å²) in [6.45, 7) is 0. The zero-order chi connectivity index (χ0) is 19.7. The molecule has 0 aromatic carbocycles. The maximum absolute atomic E-state index is 12.4. The summed E-state index contributed by atoms with van der Waals surface area (Å²) < 4.78 is 4.24. The van der Waals surface area contributed by atoms with E-state index in [1.165, 1.54) is 34.8 Å². The van der Waals surface area contributed by atoms with Crippen molar-refractivity contribution in [3.05, 3.63) is 42.3 Å². The normalized spacial score (nSPS) is 10.6. The highest BCUT2D eigenvalue weighted by Crippen LogP contribution is 2.12. The summed E-state index contributed by atoms with van der Waals surface area (Å²) >= 11 is 0. The minimum atomic E-state index is -1.21. The van der Waals surface area contributed by atoms with E-state index in [1.807, 2.05) is 0 Å². The highest BCUT2D eigenvalue weighted by molar-refractivity contribution is 6.04. The van der Waals surface area contributed by atoms with Crippen LogP contribution in [0.3, 0.4) is 0 Å². The van der Waals surface area contributed by atoms with Gasteiger partial charge in [-0.25, -0.2) is 19.7 Å². The number of nitrogens with zero attached hydrogens (tertiary/aromatic N) is 6. The predicted molar refractivity (Wildman–Crippen MR) is 92.5 cm³/mol. The lowest BCUT2D eigenvalue weighted by molar-refractivity contribution is 0.0679. The number of imidazole rings is 3. The summed E-state index contributed by atoms with van der Waals surface area (Å²) in [6.07, 6.45) is 5.96. The lowest BCUT2D eigenvalue weighted by atomic mass is 10.5. The molecule has 3 rings (SSSR count). The van der Waals surface area contributed by atoms with E-state index in [9.17, 15) is 14.4 Å².